The molecule has 0 saturated carbocycles. The van der Waals surface area contributed by atoms with Crippen LogP contribution in [-0.4, -0.2) is 26.1 Å². The lowest BCUT2D eigenvalue weighted by atomic mass is 10.4. The van der Waals surface area contributed by atoms with Gasteiger partial charge < -0.3 is 4.84 Å². The second kappa shape index (κ2) is 3.13. The van der Waals surface area contributed by atoms with Crippen LogP contribution in [0.1, 0.15) is 6.92 Å². The molecule has 1 heterocycles. The zero-order valence-corrected chi connectivity index (χ0v) is 7.68. The van der Waals surface area contributed by atoms with Gasteiger partial charge in [-0.05, 0) is 0 Å². The molecule has 0 N–H and O–H groups in total. The van der Waals surface area contributed by atoms with E-state index in [1.54, 1.807) is 6.92 Å². The van der Waals surface area contributed by atoms with Crippen LogP contribution in [0.5, 0.6) is 0 Å². The summed E-state index contributed by atoms with van der Waals surface area (Å²) in [6.45, 7) is 1.69. The fourth-order valence-electron chi connectivity index (χ4n) is 0.701. The Balaban J connectivity index is 2.77. The lowest BCUT2D eigenvalue weighted by molar-refractivity contribution is 0.228. The van der Waals surface area contributed by atoms with Crippen molar-refractivity contribution in [3.8, 4) is 0 Å². The normalized spacial score (nSPS) is 16.5. The van der Waals surface area contributed by atoms with Crippen LogP contribution >= 0.6 is 0 Å². The van der Waals surface area contributed by atoms with Gasteiger partial charge in [-0.2, -0.15) is 0 Å². The molecule has 0 saturated heterocycles. The fourth-order valence-corrected chi connectivity index (χ4v) is 1.37. The Morgan fingerprint density at radius 1 is 1.67 bits per heavy atom. The highest BCUT2D eigenvalue weighted by Gasteiger charge is 2.09. The van der Waals surface area contributed by atoms with Crippen LogP contribution in [-0.2, 0) is 14.7 Å². The first-order valence-corrected chi connectivity index (χ1v) is 5.38. The van der Waals surface area contributed by atoms with Crippen molar-refractivity contribution in [1.29, 1.82) is 0 Å². The third kappa shape index (κ3) is 2.90. The van der Waals surface area contributed by atoms with Crippen LogP contribution in [0.3, 0.4) is 0 Å². The summed E-state index contributed by atoms with van der Waals surface area (Å²) in [6, 6.07) is 0. The van der Waals surface area contributed by atoms with Crippen LogP contribution < -0.4 is 0 Å². The molecule has 4 nitrogen and oxygen atoms in total. The van der Waals surface area contributed by atoms with Crippen molar-refractivity contribution in [1.82, 2.24) is 0 Å². The Morgan fingerprint density at radius 2 is 2.33 bits per heavy atom. The van der Waals surface area contributed by atoms with Crippen molar-refractivity contribution in [3.63, 3.8) is 0 Å². The van der Waals surface area contributed by atoms with Crippen molar-refractivity contribution in [2.45, 2.75) is 6.92 Å². The molecule has 1 aliphatic rings. The van der Waals surface area contributed by atoms with Crippen LogP contribution in [0.2, 0.25) is 0 Å². The van der Waals surface area contributed by atoms with E-state index in [1.165, 1.54) is 6.08 Å². The summed E-state index contributed by atoms with van der Waals surface area (Å²) in [4.78, 5) is 4.73. The Bertz CT molecular complexity index is 371. The molecular weight excluding hydrogens is 178 g/mol. The summed E-state index contributed by atoms with van der Waals surface area (Å²) in [5.41, 5.74) is 3.11. The topological polar surface area (TPSA) is 55.7 Å². The molecule has 0 aromatic heterocycles. The largest absolute Gasteiger partial charge is 0.353 e. The standard InChI is InChI=1S/C7H9NO3S/c1-6-3-4-7(8-11-6)5-12(2,9)10/h4H,5H2,1-2H3. The van der Waals surface area contributed by atoms with Gasteiger partial charge in [-0.3, -0.25) is 0 Å². The van der Waals surface area contributed by atoms with E-state index < -0.39 is 9.84 Å². The molecule has 0 radical (unpaired) electrons. The van der Waals surface area contributed by atoms with Gasteiger partial charge in [0.1, 0.15) is 5.71 Å². The third-order valence-corrected chi connectivity index (χ3v) is 1.97. The first kappa shape index (κ1) is 9.03. The number of oxime groups is 1. The van der Waals surface area contributed by atoms with Crippen LogP contribution in [0.4, 0.5) is 0 Å². The van der Waals surface area contributed by atoms with Gasteiger partial charge in [0.05, 0.1) is 5.75 Å². The molecule has 0 amide bonds. The molecule has 0 spiro atoms. The van der Waals surface area contributed by atoms with E-state index in [9.17, 15) is 8.42 Å². The van der Waals surface area contributed by atoms with E-state index in [2.05, 4.69) is 10.9 Å². The highest BCUT2D eigenvalue weighted by atomic mass is 32.2. The highest BCUT2D eigenvalue weighted by molar-refractivity contribution is 7.91. The number of sulfone groups is 1. The molecular formula is C7H9NO3S. The van der Waals surface area contributed by atoms with Gasteiger partial charge in [-0.25, -0.2) is 8.42 Å². The van der Waals surface area contributed by atoms with E-state index >= 15 is 0 Å². The Kier molecular flexibility index (Phi) is 2.35. The van der Waals surface area contributed by atoms with Crippen molar-refractivity contribution in [2.75, 3.05) is 12.0 Å². The molecule has 0 unspecified atom stereocenters. The number of allylic oxidation sites excluding steroid dienone is 1. The molecule has 0 aromatic rings. The molecule has 1 aliphatic heterocycles. The Hall–Kier alpha value is -1.06. The van der Waals surface area contributed by atoms with Crippen molar-refractivity contribution in [3.05, 3.63) is 17.6 Å². The predicted molar refractivity (Wildman–Crippen MR) is 45.5 cm³/mol. The maximum Gasteiger partial charge on any atom is 0.174 e. The molecule has 0 atom stereocenters. The van der Waals surface area contributed by atoms with E-state index in [0.29, 0.717) is 11.5 Å². The quantitative estimate of drug-likeness (QED) is 0.591. The lowest BCUT2D eigenvalue weighted by Crippen LogP contribution is -2.13. The first-order valence-electron chi connectivity index (χ1n) is 3.32. The highest BCUT2D eigenvalue weighted by Crippen LogP contribution is 2.01. The second-order valence-corrected chi connectivity index (χ2v) is 4.73. The minimum Gasteiger partial charge on any atom is -0.353 e. The lowest BCUT2D eigenvalue weighted by Gasteiger charge is -2.02. The number of hydrogen-bond donors (Lipinski definition) is 0. The summed E-state index contributed by atoms with van der Waals surface area (Å²) in [5, 5.41) is 3.58. The van der Waals surface area contributed by atoms with Gasteiger partial charge in [0.25, 0.3) is 0 Å². The number of hydrogen-bond acceptors (Lipinski definition) is 4. The maximum absolute atomic E-state index is 10.8. The van der Waals surface area contributed by atoms with Gasteiger partial charge in [-0.15, -0.1) is 0 Å². The zero-order chi connectivity index (χ0) is 9.19. The molecule has 66 valence electrons. The number of nitrogens with zero attached hydrogens (tertiary/aromatic N) is 1. The van der Waals surface area contributed by atoms with E-state index in [4.69, 9.17) is 4.84 Å². The molecule has 5 heteroatoms. The van der Waals surface area contributed by atoms with Crippen LogP contribution in [0.15, 0.2) is 22.7 Å². The number of rotatable bonds is 2. The summed E-state index contributed by atoms with van der Waals surface area (Å²) >= 11 is 0. The first-order chi connectivity index (χ1) is 5.47. The monoisotopic (exact) mass is 187 g/mol. The average Bonchev–Trinajstić information content (AvgIpc) is 1.91. The van der Waals surface area contributed by atoms with Crippen molar-refractivity contribution >= 4 is 15.5 Å². The minimum absolute atomic E-state index is 0.104. The van der Waals surface area contributed by atoms with E-state index in [0.717, 1.165) is 6.26 Å². The van der Waals surface area contributed by atoms with Crippen LogP contribution in [0.25, 0.3) is 0 Å². The minimum atomic E-state index is -3.03. The summed E-state index contributed by atoms with van der Waals surface area (Å²) in [6.07, 6.45) is 2.66. The predicted octanol–water partition coefficient (Wildman–Crippen LogP) is 0.476. The van der Waals surface area contributed by atoms with Gasteiger partial charge >= 0.3 is 0 Å². The molecule has 0 bridgehead atoms. The van der Waals surface area contributed by atoms with E-state index in [1.807, 2.05) is 0 Å². The maximum atomic E-state index is 10.8. The van der Waals surface area contributed by atoms with Gasteiger partial charge in [0.2, 0.25) is 0 Å². The molecule has 0 aliphatic carbocycles. The fraction of sp³-hybridized carbons (Fsp3) is 0.429. The Morgan fingerprint density at radius 3 is 2.75 bits per heavy atom. The summed E-state index contributed by atoms with van der Waals surface area (Å²) < 4.78 is 21.6. The van der Waals surface area contributed by atoms with Crippen molar-refractivity contribution in [2.24, 2.45) is 5.16 Å². The van der Waals surface area contributed by atoms with Gasteiger partial charge in [0, 0.05) is 19.3 Å². The van der Waals surface area contributed by atoms with E-state index in [-0.39, 0.29) is 5.75 Å². The Labute approximate surface area is 71.1 Å². The van der Waals surface area contributed by atoms with Gasteiger partial charge in [-0.1, -0.05) is 10.9 Å². The molecule has 0 fully saturated rings. The summed E-state index contributed by atoms with van der Waals surface area (Å²) in [5.74, 6) is 0.431. The average molecular weight is 187 g/mol. The molecule has 1 rings (SSSR count). The SMILES string of the molecule is CC1=C=CC(CS(C)(=O)=O)=NO1. The molecule has 0 aromatic carbocycles. The zero-order valence-electron chi connectivity index (χ0n) is 6.86. The van der Waals surface area contributed by atoms with Crippen LogP contribution in [0, 0.1) is 0 Å². The molecule has 12 heavy (non-hydrogen) atoms. The van der Waals surface area contributed by atoms with Crippen molar-refractivity contribution < 1.29 is 13.3 Å². The third-order valence-electron chi connectivity index (χ3n) is 1.15. The second-order valence-electron chi connectivity index (χ2n) is 2.59. The smallest absolute Gasteiger partial charge is 0.174 e. The summed E-state index contributed by atoms with van der Waals surface area (Å²) in [7, 11) is -3.03. The van der Waals surface area contributed by atoms with Gasteiger partial charge in [0.15, 0.2) is 15.6 Å².